The molecule has 500 valence electrons. The van der Waals surface area contributed by atoms with Gasteiger partial charge >= 0.3 is 24.1 Å². The molecule has 8 aromatic rings. The van der Waals surface area contributed by atoms with Crippen molar-refractivity contribution >= 4 is 75.4 Å². The lowest BCUT2D eigenvalue weighted by Gasteiger charge is -2.33. The van der Waals surface area contributed by atoms with Gasteiger partial charge in [-0.3, -0.25) is 19.0 Å². The van der Waals surface area contributed by atoms with E-state index in [1.165, 1.54) is 6.20 Å². The van der Waals surface area contributed by atoms with Crippen molar-refractivity contribution in [3.8, 4) is 22.9 Å². The number of unbranched alkanes of at least 4 members (excludes halogenated alkanes) is 2. The van der Waals surface area contributed by atoms with E-state index in [1.807, 2.05) is 117 Å². The third-order valence-electron chi connectivity index (χ3n) is 14.8. The Morgan fingerprint density at radius 3 is 1.49 bits per heavy atom. The van der Waals surface area contributed by atoms with Crippen LogP contribution in [0.4, 0.5) is 26.9 Å². The first-order valence-corrected chi connectivity index (χ1v) is 32.2. The summed E-state index contributed by atoms with van der Waals surface area (Å²) in [5, 5.41) is 28.6. The first kappa shape index (κ1) is 69.7. The van der Waals surface area contributed by atoms with E-state index in [1.54, 1.807) is 46.7 Å². The number of aryl methyl sites for hydroxylation is 2. The molecule has 29 heteroatoms. The molecule has 0 bridgehead atoms. The molecule has 2 aromatic carbocycles. The van der Waals surface area contributed by atoms with Crippen molar-refractivity contribution in [2.75, 3.05) is 63.7 Å². The highest BCUT2D eigenvalue weighted by atomic mass is 35.5. The molecule has 0 unspecified atom stereocenters. The molecule has 0 saturated carbocycles. The Morgan fingerprint density at radius 2 is 1.04 bits per heavy atom. The van der Waals surface area contributed by atoms with Gasteiger partial charge in [-0.15, -0.1) is 10.2 Å². The number of anilines is 3. The number of carbonyl (C=O) groups excluding carboxylic acids is 4. The van der Waals surface area contributed by atoms with Crippen molar-refractivity contribution in [3.05, 3.63) is 91.0 Å². The number of hydrogen-bond donors (Lipinski definition) is 2. The van der Waals surface area contributed by atoms with Gasteiger partial charge in [0.2, 0.25) is 11.2 Å². The lowest BCUT2D eigenvalue weighted by molar-refractivity contribution is -0.144. The summed E-state index contributed by atoms with van der Waals surface area (Å²) in [6, 6.07) is 14.9. The number of carbonyl (C=O) groups is 4. The van der Waals surface area contributed by atoms with Crippen LogP contribution in [0.1, 0.15) is 132 Å². The summed E-state index contributed by atoms with van der Waals surface area (Å²) >= 11 is 5.84. The SMILES string of the molecule is CC(C)(C)OC(=O)N1CCC(CCn2cc(N)cn2)CC1.CCOC(=O)CCCCOc1ccc(-n2nnc3cnc(Cl)nc32)cc1.CCOC(=O)CCCCOc1ccc(-n2nnc3cnc(Nc4cnn(CCC5CCN(C(=O)OC(C)(C)C)CC5)c4)nc32)cc1. The summed E-state index contributed by atoms with van der Waals surface area (Å²) in [4.78, 5) is 67.7. The van der Waals surface area contributed by atoms with Gasteiger partial charge in [0.1, 0.15) is 22.7 Å². The average Bonchev–Trinajstić information content (AvgIpc) is 1.74. The minimum absolute atomic E-state index is 0.142. The molecule has 0 radical (unpaired) electrons. The Balaban J connectivity index is 0.000000199. The Kier molecular flexibility index (Phi) is 25.4. The van der Waals surface area contributed by atoms with Gasteiger partial charge in [-0.2, -0.15) is 29.5 Å². The number of halogens is 1. The van der Waals surface area contributed by atoms with E-state index < -0.39 is 11.2 Å². The summed E-state index contributed by atoms with van der Waals surface area (Å²) in [6.45, 7) is 21.5. The number of nitrogens with one attached hydrogen (secondary N) is 1. The van der Waals surface area contributed by atoms with Crippen molar-refractivity contribution < 1.29 is 47.6 Å². The van der Waals surface area contributed by atoms with Gasteiger partial charge in [0.15, 0.2) is 22.3 Å². The van der Waals surface area contributed by atoms with Gasteiger partial charge in [0.05, 0.1) is 74.0 Å². The fraction of sp³-hybridized carbons (Fsp3) is 0.531. The summed E-state index contributed by atoms with van der Waals surface area (Å²) in [6.07, 6.45) is 19.8. The summed E-state index contributed by atoms with van der Waals surface area (Å²) in [5.41, 5.74) is 10.0. The highest BCUT2D eigenvalue weighted by Crippen LogP contribution is 2.27. The number of benzene rings is 2. The molecule has 8 heterocycles. The second-order valence-corrected chi connectivity index (χ2v) is 24.9. The average molecular weight is 1300 g/mol. The van der Waals surface area contributed by atoms with E-state index in [-0.39, 0.29) is 29.4 Å². The van der Waals surface area contributed by atoms with E-state index in [0.717, 1.165) is 119 Å². The Morgan fingerprint density at radius 1 is 0.591 bits per heavy atom. The van der Waals surface area contributed by atoms with Crippen molar-refractivity contribution in [3.63, 3.8) is 0 Å². The number of piperidine rings is 2. The van der Waals surface area contributed by atoms with E-state index in [0.29, 0.717) is 98.2 Å². The largest absolute Gasteiger partial charge is 0.494 e. The molecular formula is C64H87ClN18O10. The molecule has 0 spiro atoms. The van der Waals surface area contributed by atoms with Gasteiger partial charge in [-0.05, 0) is 192 Å². The predicted molar refractivity (Wildman–Crippen MR) is 348 cm³/mol. The lowest BCUT2D eigenvalue weighted by Crippen LogP contribution is -2.41. The van der Waals surface area contributed by atoms with E-state index in [4.69, 9.17) is 45.8 Å². The quantitative estimate of drug-likeness (QED) is 0.0246. The van der Waals surface area contributed by atoms with Crippen LogP contribution in [0.15, 0.2) is 85.7 Å². The number of amides is 2. The monoisotopic (exact) mass is 1300 g/mol. The molecule has 93 heavy (non-hydrogen) atoms. The lowest BCUT2D eigenvalue weighted by atomic mass is 9.94. The Bertz CT molecular complexity index is 3640. The molecular weight excluding hydrogens is 1220 g/mol. The maximum absolute atomic E-state index is 12.3. The summed E-state index contributed by atoms with van der Waals surface area (Å²) in [5.74, 6) is 2.70. The molecule has 6 aromatic heterocycles. The summed E-state index contributed by atoms with van der Waals surface area (Å²) in [7, 11) is 0. The Hall–Kier alpha value is -9.21. The van der Waals surface area contributed by atoms with Gasteiger partial charge in [-0.1, -0.05) is 10.4 Å². The fourth-order valence-electron chi connectivity index (χ4n) is 10.1. The van der Waals surface area contributed by atoms with Crippen LogP contribution in [0, 0.1) is 11.8 Å². The molecule has 2 fully saturated rings. The highest BCUT2D eigenvalue weighted by Gasteiger charge is 2.29. The van der Waals surface area contributed by atoms with Crippen LogP contribution < -0.4 is 20.5 Å². The zero-order chi connectivity index (χ0) is 66.3. The first-order valence-electron chi connectivity index (χ1n) is 31.8. The molecule has 2 amide bonds. The van der Waals surface area contributed by atoms with Crippen LogP contribution in [0.2, 0.25) is 5.28 Å². The molecule has 0 atom stereocenters. The predicted octanol–water partition coefficient (Wildman–Crippen LogP) is 10.8. The van der Waals surface area contributed by atoms with E-state index in [9.17, 15) is 19.2 Å². The van der Waals surface area contributed by atoms with Gasteiger partial charge in [0, 0.05) is 64.5 Å². The molecule has 0 aliphatic carbocycles. The number of esters is 2. The van der Waals surface area contributed by atoms with Crippen LogP contribution >= 0.6 is 11.6 Å². The molecule has 2 aliphatic rings. The van der Waals surface area contributed by atoms with Gasteiger partial charge in [0.25, 0.3) is 0 Å². The maximum atomic E-state index is 12.3. The van der Waals surface area contributed by atoms with Crippen LogP contribution in [0.5, 0.6) is 11.5 Å². The number of nitrogen functional groups attached to an aromatic ring is 1. The smallest absolute Gasteiger partial charge is 0.410 e. The zero-order valence-corrected chi connectivity index (χ0v) is 55.2. The number of rotatable bonds is 24. The molecule has 2 saturated heterocycles. The number of ether oxygens (including phenoxy) is 6. The van der Waals surface area contributed by atoms with Crippen molar-refractivity contribution in [2.24, 2.45) is 11.8 Å². The van der Waals surface area contributed by atoms with Crippen LogP contribution in [0.25, 0.3) is 33.7 Å². The van der Waals surface area contributed by atoms with Crippen molar-refractivity contribution in [1.29, 1.82) is 0 Å². The number of hydrogen-bond acceptors (Lipinski definition) is 22. The van der Waals surface area contributed by atoms with E-state index in [2.05, 4.69) is 56.1 Å². The number of nitrogens with two attached hydrogens (primary N) is 1. The number of nitrogens with zero attached hydrogens (tertiary/aromatic N) is 16. The summed E-state index contributed by atoms with van der Waals surface area (Å²) < 4.78 is 39.3. The highest BCUT2D eigenvalue weighted by molar-refractivity contribution is 6.28. The van der Waals surface area contributed by atoms with Crippen LogP contribution in [-0.4, -0.2) is 167 Å². The van der Waals surface area contributed by atoms with Gasteiger partial charge in [-0.25, -0.2) is 19.6 Å². The third-order valence-corrected chi connectivity index (χ3v) is 15.0. The number of likely N-dealkylation sites (tertiary alicyclic amines) is 2. The maximum Gasteiger partial charge on any atom is 0.410 e. The van der Waals surface area contributed by atoms with Crippen molar-refractivity contribution in [1.82, 2.24) is 79.3 Å². The molecule has 3 N–H and O–H groups in total. The minimum Gasteiger partial charge on any atom is -0.494 e. The molecule has 10 rings (SSSR count). The topological polar surface area (TPSA) is 317 Å². The normalized spacial score (nSPS) is 13.8. The molecule has 2 aliphatic heterocycles. The molecule has 28 nitrogen and oxygen atoms in total. The zero-order valence-electron chi connectivity index (χ0n) is 54.5. The van der Waals surface area contributed by atoms with Crippen LogP contribution in [0.3, 0.4) is 0 Å². The van der Waals surface area contributed by atoms with Crippen molar-refractivity contribution in [2.45, 2.75) is 157 Å². The fourth-order valence-corrected chi connectivity index (χ4v) is 10.2. The van der Waals surface area contributed by atoms with E-state index >= 15 is 0 Å². The van der Waals surface area contributed by atoms with Gasteiger partial charge < -0.3 is 49.3 Å². The second-order valence-electron chi connectivity index (χ2n) is 24.5. The second kappa shape index (κ2) is 33.9. The standard InChI is InChI=1S/C32H43N9O5.C17H18ClN5O3.C15H26N4O2/c1-5-44-28(42)8-6-7-19-45-26-11-9-25(10-12-26)41-29-27(37-38-41)21-33-30(36-29)35-24-20-34-40(22-24)18-15-23-13-16-39(17-14-23)31(43)46-32(2,3)4;1-2-25-15(24)5-3-4-10-26-13-8-6-12(7-9-13)23-16-14(21-22-23)11-19-17(18)20-16;1-15(2,3)21-14(20)18-7-4-12(5-8-18)6-9-19-11-13(16)10-17-19/h9-12,20-23H,5-8,13-19H2,1-4H3,(H,33,35,36);6-9,11H,2-5,10H2,1H3;10-12H,4-9,16H2,1-3H3. The minimum atomic E-state index is -0.479. The third kappa shape index (κ3) is 22.6. The first-order chi connectivity index (χ1) is 44.7. The van der Waals surface area contributed by atoms with Crippen LogP contribution in [-0.2, 0) is 41.6 Å². The number of aromatic nitrogens is 14. The Labute approximate surface area is 546 Å². The number of fused-ring (bicyclic) bond motifs is 2.